The van der Waals surface area contributed by atoms with Crippen LogP contribution in [0.4, 0.5) is 30.7 Å². The van der Waals surface area contributed by atoms with Crippen LogP contribution in [0.5, 0.6) is 0 Å². The number of carboxylic acid groups (broad SMARTS) is 2. The largest absolute Gasteiger partial charge is 0.490 e. The van der Waals surface area contributed by atoms with Gasteiger partial charge < -0.3 is 14.8 Å². The van der Waals surface area contributed by atoms with Crippen molar-refractivity contribution in [2.45, 2.75) is 31.4 Å². The second-order valence-corrected chi connectivity index (χ2v) is 8.65. The highest BCUT2D eigenvalue weighted by atomic mass is 19.4. The maximum Gasteiger partial charge on any atom is 0.490 e. The Morgan fingerprint density at radius 3 is 2.00 bits per heavy atom. The van der Waals surface area contributed by atoms with E-state index in [9.17, 15) is 30.7 Å². The first-order valence-corrected chi connectivity index (χ1v) is 11.2. The highest BCUT2D eigenvalue weighted by Gasteiger charge is 2.42. The first kappa shape index (κ1) is 29.5. The molecule has 0 spiro atoms. The normalized spacial score (nSPS) is 18.2. The lowest BCUT2D eigenvalue weighted by Crippen LogP contribution is -2.22. The lowest BCUT2D eigenvalue weighted by molar-refractivity contribution is -0.193. The Balaban J connectivity index is 0.000000251. The molecule has 39 heavy (non-hydrogen) atoms. The molecule has 2 aliphatic heterocycles. The fourth-order valence-corrected chi connectivity index (χ4v) is 4.27. The van der Waals surface area contributed by atoms with E-state index in [1.165, 1.54) is 17.1 Å². The average molecular weight is 562 g/mol. The molecule has 8 nitrogen and oxygen atoms in total. The molecule has 15 heteroatoms. The molecule has 1 saturated heterocycles. The topological polar surface area (TPSA) is 109 Å². The summed E-state index contributed by atoms with van der Waals surface area (Å²) in [7, 11) is 0. The number of hydrogen-bond acceptors (Lipinski definition) is 5. The number of carboxylic acids is 2. The van der Waals surface area contributed by atoms with Gasteiger partial charge in [-0.25, -0.2) is 19.0 Å². The van der Waals surface area contributed by atoms with Crippen molar-refractivity contribution in [2.75, 3.05) is 13.1 Å². The van der Waals surface area contributed by atoms with Crippen molar-refractivity contribution < 1.29 is 50.5 Å². The fraction of sp³-hybridized carbons (Fsp3) is 0.333. The van der Waals surface area contributed by atoms with Gasteiger partial charge in [-0.15, -0.1) is 0 Å². The number of pyridine rings is 1. The van der Waals surface area contributed by atoms with Crippen LogP contribution >= 0.6 is 0 Å². The molecule has 0 aliphatic carbocycles. The van der Waals surface area contributed by atoms with Gasteiger partial charge in [0, 0.05) is 56.0 Å². The Bertz CT molecular complexity index is 1250. The van der Waals surface area contributed by atoms with Gasteiger partial charge >= 0.3 is 24.3 Å². The van der Waals surface area contributed by atoms with Gasteiger partial charge in [-0.05, 0) is 29.8 Å². The number of alkyl halides is 6. The van der Waals surface area contributed by atoms with E-state index in [1.807, 2.05) is 30.6 Å². The molecule has 2 aliphatic rings. The average Bonchev–Trinajstić information content (AvgIpc) is 3.52. The van der Waals surface area contributed by atoms with Crippen molar-refractivity contribution in [1.29, 1.82) is 0 Å². The number of benzene rings is 1. The van der Waals surface area contributed by atoms with Gasteiger partial charge in [-0.3, -0.25) is 9.88 Å². The molecule has 2 atom stereocenters. The predicted molar refractivity (Wildman–Crippen MR) is 121 cm³/mol. The van der Waals surface area contributed by atoms with Crippen LogP contribution in [0.25, 0.3) is 11.3 Å². The van der Waals surface area contributed by atoms with E-state index in [1.54, 1.807) is 18.3 Å². The molecule has 210 valence electrons. The third kappa shape index (κ3) is 7.75. The first-order valence-electron chi connectivity index (χ1n) is 11.2. The zero-order valence-corrected chi connectivity index (χ0v) is 19.8. The number of likely N-dealkylation sites (tertiary alicyclic amines) is 1. The Hall–Kier alpha value is -4.01. The van der Waals surface area contributed by atoms with Gasteiger partial charge in [0.15, 0.2) is 0 Å². The molecule has 1 fully saturated rings. The van der Waals surface area contributed by atoms with Crippen molar-refractivity contribution in [1.82, 2.24) is 19.4 Å². The number of imidazole rings is 1. The van der Waals surface area contributed by atoms with Crippen molar-refractivity contribution >= 4 is 11.9 Å². The number of fused-ring (bicyclic) bond motifs is 3. The molecule has 2 N–H and O–H groups in total. The number of nitrogens with zero attached hydrogens (tertiary/aromatic N) is 4. The van der Waals surface area contributed by atoms with E-state index in [0.717, 1.165) is 31.7 Å². The summed E-state index contributed by atoms with van der Waals surface area (Å²) in [5.74, 6) is -3.39. The molecule has 0 bridgehead atoms. The number of aliphatic carboxylic acids is 2. The summed E-state index contributed by atoms with van der Waals surface area (Å²) in [6, 6.07) is 10.9. The van der Waals surface area contributed by atoms with Crippen LogP contribution in [0.15, 0.2) is 55.0 Å². The molecule has 2 unspecified atom stereocenters. The van der Waals surface area contributed by atoms with E-state index in [2.05, 4.69) is 20.5 Å². The van der Waals surface area contributed by atoms with Crippen LogP contribution < -0.4 is 0 Å². The van der Waals surface area contributed by atoms with Gasteiger partial charge in [-0.1, -0.05) is 12.1 Å². The molecule has 0 amide bonds. The number of carbonyl (C=O) groups is 2. The van der Waals surface area contributed by atoms with Crippen LogP contribution in [0.1, 0.15) is 17.3 Å². The summed E-state index contributed by atoms with van der Waals surface area (Å²) >= 11 is 0. The molecule has 1 aromatic carbocycles. The highest BCUT2D eigenvalue weighted by molar-refractivity contribution is 5.73. The number of hydrogen-bond donors (Lipinski definition) is 2. The smallest absolute Gasteiger partial charge is 0.475 e. The van der Waals surface area contributed by atoms with Gasteiger partial charge in [0.2, 0.25) is 0 Å². The van der Waals surface area contributed by atoms with E-state index >= 15 is 0 Å². The van der Waals surface area contributed by atoms with Gasteiger partial charge in [0.05, 0.1) is 11.9 Å². The molecular formula is C24H21F7N4O4. The summed E-state index contributed by atoms with van der Waals surface area (Å²) < 4.78 is 78.9. The Labute approximate surface area is 216 Å². The molecular weight excluding hydrogens is 541 g/mol. The van der Waals surface area contributed by atoms with Gasteiger partial charge in [0.1, 0.15) is 11.6 Å². The third-order valence-electron chi connectivity index (χ3n) is 5.91. The zero-order chi connectivity index (χ0) is 29.0. The maximum atomic E-state index is 13.1. The minimum Gasteiger partial charge on any atom is -0.475 e. The van der Waals surface area contributed by atoms with Gasteiger partial charge in [0.25, 0.3) is 0 Å². The first-order chi connectivity index (χ1) is 18.2. The second-order valence-electron chi connectivity index (χ2n) is 8.65. The molecule has 3 aromatic rings. The summed E-state index contributed by atoms with van der Waals surface area (Å²) in [5.41, 5.74) is 3.47. The maximum absolute atomic E-state index is 13.1. The molecule has 0 radical (unpaired) electrons. The lowest BCUT2D eigenvalue weighted by atomic mass is 9.99. The lowest BCUT2D eigenvalue weighted by Gasteiger charge is -2.17. The highest BCUT2D eigenvalue weighted by Crippen LogP contribution is 2.41. The van der Waals surface area contributed by atoms with Crippen LogP contribution in [0.3, 0.4) is 0 Å². The standard InChI is InChI=1S/C20H19FN4.2C2HF3O2/c21-17-5-3-14(4-6-17)10-24-11-16-12-25-19(15-2-1-7-22-8-15)9-23-20(25)18(16)13-24;2*3-2(4,5)1(6)7/h1-9,16,18H,10-13H2;2*(H,6,7). The second kappa shape index (κ2) is 11.8. The van der Waals surface area contributed by atoms with Crippen molar-refractivity contribution in [2.24, 2.45) is 5.92 Å². The monoisotopic (exact) mass is 562 g/mol. The fourth-order valence-electron chi connectivity index (χ4n) is 4.27. The van der Waals surface area contributed by atoms with Crippen LogP contribution in [-0.4, -0.2) is 67.0 Å². The van der Waals surface area contributed by atoms with Crippen LogP contribution in [0, 0.1) is 11.7 Å². The Morgan fingerprint density at radius 2 is 1.49 bits per heavy atom. The molecule has 4 heterocycles. The zero-order valence-electron chi connectivity index (χ0n) is 19.8. The van der Waals surface area contributed by atoms with Crippen LogP contribution in [-0.2, 0) is 22.7 Å². The quantitative estimate of drug-likeness (QED) is 0.450. The third-order valence-corrected chi connectivity index (χ3v) is 5.91. The Kier molecular flexibility index (Phi) is 8.94. The van der Waals surface area contributed by atoms with E-state index in [0.29, 0.717) is 11.8 Å². The minimum absolute atomic E-state index is 0.174. The van der Waals surface area contributed by atoms with E-state index in [4.69, 9.17) is 24.8 Å². The van der Waals surface area contributed by atoms with E-state index < -0.39 is 24.3 Å². The van der Waals surface area contributed by atoms with Crippen LogP contribution in [0.2, 0.25) is 0 Å². The SMILES string of the molecule is Fc1ccc(CN2CC3Cn4c(-c5cccnc5)cnc4C3C2)cc1.O=C(O)C(F)(F)F.O=C(O)C(F)(F)F. The Morgan fingerprint density at radius 1 is 0.897 bits per heavy atom. The van der Waals surface area contributed by atoms with Gasteiger partial charge in [-0.2, -0.15) is 26.3 Å². The number of rotatable bonds is 3. The molecule has 0 saturated carbocycles. The molecule has 5 rings (SSSR count). The van der Waals surface area contributed by atoms with E-state index in [-0.39, 0.29) is 5.82 Å². The summed E-state index contributed by atoms with van der Waals surface area (Å²) in [6.07, 6.45) is -4.49. The molecule has 2 aromatic heterocycles. The van der Waals surface area contributed by atoms with Crippen molar-refractivity contribution in [3.05, 3.63) is 72.2 Å². The predicted octanol–water partition coefficient (Wildman–Crippen LogP) is 4.58. The number of halogens is 7. The summed E-state index contributed by atoms with van der Waals surface area (Å²) in [5, 5.41) is 14.2. The van der Waals surface area contributed by atoms with Crippen molar-refractivity contribution in [3.8, 4) is 11.3 Å². The summed E-state index contributed by atoms with van der Waals surface area (Å²) in [6.45, 7) is 3.98. The minimum atomic E-state index is -5.08. The number of aromatic nitrogens is 3. The van der Waals surface area contributed by atoms with Crippen molar-refractivity contribution in [3.63, 3.8) is 0 Å². The summed E-state index contributed by atoms with van der Waals surface area (Å²) in [4.78, 5) is 29.2.